The van der Waals surface area contributed by atoms with E-state index in [1.165, 1.54) is 6.07 Å². The van der Waals surface area contributed by atoms with Gasteiger partial charge in [-0.3, -0.25) is 9.97 Å². The van der Waals surface area contributed by atoms with E-state index < -0.39 is 11.7 Å². The summed E-state index contributed by atoms with van der Waals surface area (Å²) in [6.07, 6.45) is 0.398. The summed E-state index contributed by atoms with van der Waals surface area (Å²) in [6.45, 7) is 3.71. The first-order valence-electron chi connectivity index (χ1n) is 7.23. The second-order valence-corrected chi connectivity index (χ2v) is 5.37. The Bertz CT molecular complexity index is 857. The number of alkyl halides is 3. The standard InChI is InChI=1S/C16H14F3N5/c1-10-15(21-7-6-20-10)11(2)24-9-14(22-23-24)12-4-3-5-13(8-12)16(17,18)19/h3-9,11H,1-2H3. The number of nitrogens with zero attached hydrogens (tertiary/aromatic N) is 5. The first kappa shape index (κ1) is 16.1. The van der Waals surface area contributed by atoms with Gasteiger partial charge in [-0.05, 0) is 26.0 Å². The molecule has 8 heteroatoms. The molecule has 0 fully saturated rings. The molecule has 124 valence electrons. The number of halogens is 3. The second-order valence-electron chi connectivity index (χ2n) is 5.37. The Morgan fingerprint density at radius 2 is 1.88 bits per heavy atom. The molecule has 3 rings (SSSR count). The van der Waals surface area contributed by atoms with Crippen LogP contribution in [-0.2, 0) is 6.18 Å². The summed E-state index contributed by atoms with van der Waals surface area (Å²) in [4.78, 5) is 8.46. The van der Waals surface area contributed by atoms with Crippen molar-refractivity contribution in [1.82, 2.24) is 25.0 Å². The Labute approximate surface area is 136 Å². The lowest BCUT2D eigenvalue weighted by atomic mass is 10.1. The smallest absolute Gasteiger partial charge is 0.258 e. The maximum atomic E-state index is 12.8. The van der Waals surface area contributed by atoms with Gasteiger partial charge in [0.2, 0.25) is 0 Å². The van der Waals surface area contributed by atoms with E-state index in [4.69, 9.17) is 0 Å². The summed E-state index contributed by atoms with van der Waals surface area (Å²) >= 11 is 0. The van der Waals surface area contributed by atoms with E-state index in [-0.39, 0.29) is 6.04 Å². The van der Waals surface area contributed by atoms with Crippen LogP contribution in [0.2, 0.25) is 0 Å². The minimum absolute atomic E-state index is 0.231. The van der Waals surface area contributed by atoms with Crippen molar-refractivity contribution in [2.75, 3.05) is 0 Å². The van der Waals surface area contributed by atoms with Crippen molar-refractivity contribution < 1.29 is 13.2 Å². The topological polar surface area (TPSA) is 56.5 Å². The lowest BCUT2D eigenvalue weighted by molar-refractivity contribution is -0.137. The third-order valence-corrected chi connectivity index (χ3v) is 3.71. The molecule has 2 aromatic heterocycles. The van der Waals surface area contributed by atoms with Gasteiger partial charge in [-0.25, -0.2) is 4.68 Å². The fourth-order valence-electron chi connectivity index (χ4n) is 2.41. The van der Waals surface area contributed by atoms with Crippen molar-refractivity contribution in [2.45, 2.75) is 26.1 Å². The van der Waals surface area contributed by atoms with Crippen LogP contribution in [0.15, 0.2) is 42.9 Å². The molecule has 0 radical (unpaired) electrons. The largest absolute Gasteiger partial charge is 0.416 e. The van der Waals surface area contributed by atoms with E-state index in [1.54, 1.807) is 29.3 Å². The molecule has 2 heterocycles. The SMILES string of the molecule is Cc1nccnc1C(C)n1cc(-c2cccc(C(F)(F)F)c2)nn1. The number of hydrogen-bond acceptors (Lipinski definition) is 4. The first-order valence-corrected chi connectivity index (χ1v) is 7.23. The molecule has 0 aliphatic rings. The van der Waals surface area contributed by atoms with E-state index >= 15 is 0 Å². The molecule has 0 amide bonds. The summed E-state index contributed by atoms with van der Waals surface area (Å²) in [7, 11) is 0. The van der Waals surface area contributed by atoms with Crippen LogP contribution in [0.1, 0.15) is 29.9 Å². The predicted molar refractivity (Wildman–Crippen MR) is 81.0 cm³/mol. The van der Waals surface area contributed by atoms with Crippen molar-refractivity contribution >= 4 is 0 Å². The average molecular weight is 333 g/mol. The van der Waals surface area contributed by atoms with Gasteiger partial charge >= 0.3 is 6.18 Å². The van der Waals surface area contributed by atoms with Crippen LogP contribution in [0.5, 0.6) is 0 Å². The monoisotopic (exact) mass is 333 g/mol. The van der Waals surface area contributed by atoms with E-state index in [0.29, 0.717) is 11.3 Å². The fraction of sp³-hybridized carbons (Fsp3) is 0.250. The minimum atomic E-state index is -4.39. The predicted octanol–water partition coefficient (Wildman–Crippen LogP) is 3.67. The van der Waals surface area contributed by atoms with Crippen molar-refractivity contribution in [3.05, 3.63) is 59.8 Å². The molecule has 0 aliphatic carbocycles. The molecule has 0 spiro atoms. The van der Waals surface area contributed by atoms with Gasteiger partial charge in [-0.15, -0.1) is 5.10 Å². The zero-order valence-corrected chi connectivity index (χ0v) is 13.0. The fourth-order valence-corrected chi connectivity index (χ4v) is 2.41. The molecule has 0 saturated carbocycles. The number of aryl methyl sites for hydroxylation is 1. The van der Waals surface area contributed by atoms with Crippen molar-refractivity contribution in [2.24, 2.45) is 0 Å². The maximum absolute atomic E-state index is 12.8. The van der Waals surface area contributed by atoms with Crippen LogP contribution in [0.4, 0.5) is 13.2 Å². The minimum Gasteiger partial charge on any atom is -0.258 e. The third kappa shape index (κ3) is 3.12. The lowest BCUT2D eigenvalue weighted by Crippen LogP contribution is -2.11. The molecular formula is C16H14F3N5. The molecule has 24 heavy (non-hydrogen) atoms. The van der Waals surface area contributed by atoms with Crippen molar-refractivity contribution in [3.63, 3.8) is 0 Å². The number of hydrogen-bond donors (Lipinski definition) is 0. The number of aromatic nitrogens is 5. The summed E-state index contributed by atoms with van der Waals surface area (Å²) < 4.78 is 40.0. The second kappa shape index (κ2) is 6.03. The zero-order chi connectivity index (χ0) is 17.3. The highest BCUT2D eigenvalue weighted by atomic mass is 19.4. The van der Waals surface area contributed by atoms with Crippen molar-refractivity contribution in [1.29, 1.82) is 0 Å². The average Bonchev–Trinajstić information content (AvgIpc) is 3.04. The molecule has 0 aliphatic heterocycles. The molecular weight excluding hydrogens is 319 g/mol. The molecule has 3 aromatic rings. The van der Waals surface area contributed by atoms with Crippen LogP contribution in [0.3, 0.4) is 0 Å². The van der Waals surface area contributed by atoms with Crippen molar-refractivity contribution in [3.8, 4) is 11.3 Å². The first-order chi connectivity index (χ1) is 11.4. The van der Waals surface area contributed by atoms with Gasteiger partial charge in [0.05, 0.1) is 29.2 Å². The van der Waals surface area contributed by atoms with Crippen LogP contribution in [0, 0.1) is 6.92 Å². The Hall–Kier alpha value is -2.77. The van der Waals surface area contributed by atoms with E-state index in [1.807, 2.05) is 13.8 Å². The van der Waals surface area contributed by atoms with Gasteiger partial charge in [-0.1, -0.05) is 17.3 Å². The summed E-state index contributed by atoms with van der Waals surface area (Å²) in [5, 5.41) is 8.00. The molecule has 0 saturated heterocycles. The van der Waals surface area contributed by atoms with Crippen LogP contribution in [0.25, 0.3) is 11.3 Å². The third-order valence-electron chi connectivity index (χ3n) is 3.71. The molecule has 0 bridgehead atoms. The highest BCUT2D eigenvalue weighted by Crippen LogP contribution is 2.31. The van der Waals surface area contributed by atoms with Gasteiger partial charge < -0.3 is 0 Å². The number of rotatable bonds is 3. The normalized spacial score (nSPS) is 13.0. The molecule has 5 nitrogen and oxygen atoms in total. The van der Waals surface area contributed by atoms with Crippen LogP contribution in [-0.4, -0.2) is 25.0 Å². The maximum Gasteiger partial charge on any atom is 0.416 e. The van der Waals surface area contributed by atoms with E-state index in [0.717, 1.165) is 23.5 Å². The summed E-state index contributed by atoms with van der Waals surface area (Å²) in [5.41, 5.74) is 1.51. The quantitative estimate of drug-likeness (QED) is 0.734. The van der Waals surface area contributed by atoms with Gasteiger partial charge in [-0.2, -0.15) is 13.2 Å². The van der Waals surface area contributed by atoms with Gasteiger partial charge in [0, 0.05) is 18.0 Å². The molecule has 1 unspecified atom stereocenters. The molecule has 1 aromatic carbocycles. The summed E-state index contributed by atoms with van der Waals surface area (Å²) in [6, 6.07) is 4.78. The van der Waals surface area contributed by atoms with Crippen LogP contribution >= 0.6 is 0 Å². The Kier molecular flexibility index (Phi) is 4.04. The molecule has 1 atom stereocenters. The van der Waals surface area contributed by atoms with Gasteiger partial charge in [0.15, 0.2) is 0 Å². The zero-order valence-electron chi connectivity index (χ0n) is 13.0. The van der Waals surface area contributed by atoms with Crippen LogP contribution < -0.4 is 0 Å². The van der Waals surface area contributed by atoms with E-state index in [9.17, 15) is 13.2 Å². The Morgan fingerprint density at radius 1 is 1.12 bits per heavy atom. The molecule has 0 N–H and O–H groups in total. The van der Waals surface area contributed by atoms with E-state index in [2.05, 4.69) is 20.3 Å². The highest BCUT2D eigenvalue weighted by Gasteiger charge is 2.30. The highest BCUT2D eigenvalue weighted by molar-refractivity contribution is 5.59. The number of benzene rings is 1. The Balaban J connectivity index is 1.93. The van der Waals surface area contributed by atoms with Gasteiger partial charge in [0.25, 0.3) is 0 Å². The lowest BCUT2D eigenvalue weighted by Gasteiger charge is -2.12. The Morgan fingerprint density at radius 3 is 2.58 bits per heavy atom. The van der Waals surface area contributed by atoms with Gasteiger partial charge in [0.1, 0.15) is 5.69 Å². The summed E-state index contributed by atoms with van der Waals surface area (Å²) in [5.74, 6) is 0.